The highest BCUT2D eigenvalue weighted by atomic mass is 16.3. The zero-order chi connectivity index (χ0) is 14.0. The van der Waals surface area contributed by atoms with Crippen LogP contribution in [0.5, 0.6) is 0 Å². The molecular weight excluding hydrogens is 240 g/mol. The van der Waals surface area contributed by atoms with E-state index in [4.69, 9.17) is 11.5 Å². The molecule has 100 valence electrons. The van der Waals surface area contributed by atoms with Gasteiger partial charge in [-0.3, -0.25) is 0 Å². The first-order chi connectivity index (χ1) is 8.94. The van der Waals surface area contributed by atoms with Crippen molar-refractivity contribution in [3.8, 4) is 11.1 Å². The van der Waals surface area contributed by atoms with E-state index in [-0.39, 0.29) is 18.0 Å². The van der Waals surface area contributed by atoms with Crippen molar-refractivity contribution in [2.45, 2.75) is 19.3 Å². The van der Waals surface area contributed by atoms with Crippen molar-refractivity contribution >= 4 is 11.8 Å². The van der Waals surface area contributed by atoms with E-state index in [1.807, 2.05) is 38.1 Å². The number of nitrogens with zero attached hydrogens (tertiary/aromatic N) is 2. The molecule has 5 nitrogen and oxygen atoms in total. The number of nitrogen functional groups attached to an aromatic ring is 2. The Balaban J connectivity index is 2.38. The van der Waals surface area contributed by atoms with Gasteiger partial charge < -0.3 is 16.6 Å². The quantitative estimate of drug-likeness (QED) is 0.776. The Morgan fingerprint density at radius 1 is 1.16 bits per heavy atom. The van der Waals surface area contributed by atoms with Crippen LogP contribution in [-0.2, 0) is 5.41 Å². The lowest BCUT2D eigenvalue weighted by Crippen LogP contribution is -2.21. The van der Waals surface area contributed by atoms with Crippen LogP contribution in [0.2, 0.25) is 0 Å². The van der Waals surface area contributed by atoms with Gasteiger partial charge in [0.25, 0.3) is 0 Å². The van der Waals surface area contributed by atoms with Crippen molar-refractivity contribution in [3.63, 3.8) is 0 Å². The SMILES string of the molecule is CC(C)(CO)c1ccc(-c2cnc(N)nc2N)cc1. The van der Waals surface area contributed by atoms with E-state index in [9.17, 15) is 5.11 Å². The fraction of sp³-hybridized carbons (Fsp3) is 0.286. The van der Waals surface area contributed by atoms with Gasteiger partial charge in [-0.15, -0.1) is 0 Å². The molecule has 0 saturated carbocycles. The highest BCUT2D eigenvalue weighted by molar-refractivity contribution is 5.73. The second-order valence-corrected chi connectivity index (χ2v) is 5.15. The monoisotopic (exact) mass is 258 g/mol. The van der Waals surface area contributed by atoms with Crippen LogP contribution in [0.15, 0.2) is 30.5 Å². The Morgan fingerprint density at radius 3 is 2.32 bits per heavy atom. The van der Waals surface area contributed by atoms with Crippen molar-refractivity contribution in [1.82, 2.24) is 9.97 Å². The number of rotatable bonds is 3. The summed E-state index contributed by atoms with van der Waals surface area (Å²) >= 11 is 0. The highest BCUT2D eigenvalue weighted by Crippen LogP contribution is 2.28. The van der Waals surface area contributed by atoms with Gasteiger partial charge in [0.05, 0.1) is 6.61 Å². The maximum Gasteiger partial charge on any atom is 0.221 e. The van der Waals surface area contributed by atoms with E-state index in [1.54, 1.807) is 6.20 Å². The molecule has 5 N–H and O–H groups in total. The second kappa shape index (κ2) is 4.85. The largest absolute Gasteiger partial charge is 0.395 e. The number of nitrogens with two attached hydrogens (primary N) is 2. The van der Waals surface area contributed by atoms with Crippen molar-refractivity contribution in [2.75, 3.05) is 18.1 Å². The Kier molecular flexibility index (Phi) is 3.40. The Labute approximate surface area is 112 Å². The van der Waals surface area contributed by atoms with E-state index < -0.39 is 0 Å². The van der Waals surface area contributed by atoms with Gasteiger partial charge in [-0.25, -0.2) is 4.98 Å². The van der Waals surface area contributed by atoms with Crippen LogP contribution in [0.3, 0.4) is 0 Å². The van der Waals surface area contributed by atoms with Gasteiger partial charge in [0.15, 0.2) is 0 Å². The molecule has 0 amide bonds. The Bertz CT molecular complexity index is 578. The lowest BCUT2D eigenvalue weighted by atomic mass is 9.85. The van der Waals surface area contributed by atoms with Crippen molar-refractivity contribution in [1.29, 1.82) is 0 Å². The lowest BCUT2D eigenvalue weighted by molar-refractivity contribution is 0.218. The first-order valence-electron chi connectivity index (χ1n) is 6.04. The third-order valence-electron chi connectivity index (χ3n) is 3.21. The molecule has 5 heteroatoms. The first kappa shape index (κ1) is 13.3. The number of hydrogen-bond acceptors (Lipinski definition) is 5. The van der Waals surface area contributed by atoms with Gasteiger partial charge in [-0.2, -0.15) is 4.98 Å². The zero-order valence-electron chi connectivity index (χ0n) is 11.1. The maximum atomic E-state index is 9.35. The predicted molar refractivity (Wildman–Crippen MR) is 76.4 cm³/mol. The van der Waals surface area contributed by atoms with Crippen LogP contribution in [0.4, 0.5) is 11.8 Å². The fourth-order valence-corrected chi connectivity index (χ4v) is 1.82. The lowest BCUT2D eigenvalue weighted by Gasteiger charge is -2.22. The minimum atomic E-state index is -0.262. The summed E-state index contributed by atoms with van der Waals surface area (Å²) in [5, 5.41) is 9.35. The number of anilines is 2. The third-order valence-corrected chi connectivity index (χ3v) is 3.21. The molecular formula is C14H18N4O. The molecule has 0 aliphatic carbocycles. The molecule has 19 heavy (non-hydrogen) atoms. The summed E-state index contributed by atoms with van der Waals surface area (Å²) in [7, 11) is 0. The molecule has 2 aromatic rings. The molecule has 0 radical (unpaired) electrons. The average Bonchev–Trinajstić information content (AvgIpc) is 2.39. The van der Waals surface area contributed by atoms with Crippen LogP contribution in [-0.4, -0.2) is 21.7 Å². The van der Waals surface area contributed by atoms with Crippen molar-refractivity contribution in [2.24, 2.45) is 0 Å². The first-order valence-corrected chi connectivity index (χ1v) is 6.04. The molecule has 2 rings (SSSR count). The summed E-state index contributed by atoms with van der Waals surface area (Å²) in [6.07, 6.45) is 1.61. The van der Waals surface area contributed by atoms with Crippen LogP contribution < -0.4 is 11.5 Å². The van der Waals surface area contributed by atoms with E-state index in [0.29, 0.717) is 5.82 Å². The summed E-state index contributed by atoms with van der Waals surface area (Å²) < 4.78 is 0. The minimum Gasteiger partial charge on any atom is -0.395 e. The van der Waals surface area contributed by atoms with Crippen LogP contribution in [0, 0.1) is 0 Å². The summed E-state index contributed by atoms with van der Waals surface area (Å²) in [5.41, 5.74) is 13.8. The molecule has 0 unspecified atom stereocenters. The Hall–Kier alpha value is -2.14. The third kappa shape index (κ3) is 2.66. The van der Waals surface area contributed by atoms with Gasteiger partial charge >= 0.3 is 0 Å². The second-order valence-electron chi connectivity index (χ2n) is 5.15. The smallest absolute Gasteiger partial charge is 0.221 e. The average molecular weight is 258 g/mol. The van der Waals surface area contributed by atoms with Crippen LogP contribution in [0.1, 0.15) is 19.4 Å². The van der Waals surface area contributed by atoms with Gasteiger partial charge in [0, 0.05) is 17.2 Å². The summed E-state index contributed by atoms with van der Waals surface area (Å²) in [4.78, 5) is 7.89. The molecule has 1 heterocycles. The molecule has 0 bridgehead atoms. The molecule has 0 aliphatic rings. The molecule has 0 aliphatic heterocycles. The van der Waals surface area contributed by atoms with Crippen LogP contribution in [0.25, 0.3) is 11.1 Å². The molecule has 0 fully saturated rings. The number of hydrogen-bond donors (Lipinski definition) is 3. The van der Waals surface area contributed by atoms with E-state index in [1.165, 1.54) is 0 Å². The van der Waals surface area contributed by atoms with E-state index >= 15 is 0 Å². The number of aromatic nitrogens is 2. The van der Waals surface area contributed by atoms with E-state index in [2.05, 4.69) is 9.97 Å². The molecule has 0 saturated heterocycles. The van der Waals surface area contributed by atoms with Crippen molar-refractivity contribution < 1.29 is 5.11 Å². The van der Waals surface area contributed by atoms with Crippen molar-refractivity contribution in [3.05, 3.63) is 36.0 Å². The zero-order valence-corrected chi connectivity index (χ0v) is 11.1. The number of benzene rings is 1. The van der Waals surface area contributed by atoms with E-state index in [0.717, 1.165) is 16.7 Å². The van der Waals surface area contributed by atoms with Gasteiger partial charge in [0.1, 0.15) is 5.82 Å². The maximum absolute atomic E-state index is 9.35. The Morgan fingerprint density at radius 2 is 1.79 bits per heavy atom. The number of aliphatic hydroxyl groups excluding tert-OH is 1. The number of aliphatic hydroxyl groups is 1. The molecule has 0 atom stereocenters. The summed E-state index contributed by atoms with van der Waals surface area (Å²) in [5.74, 6) is 0.529. The predicted octanol–water partition coefficient (Wildman–Crippen LogP) is 1.58. The fourth-order valence-electron chi connectivity index (χ4n) is 1.82. The van der Waals surface area contributed by atoms with Gasteiger partial charge in [0.2, 0.25) is 5.95 Å². The molecule has 1 aromatic heterocycles. The molecule has 0 spiro atoms. The molecule has 1 aromatic carbocycles. The van der Waals surface area contributed by atoms with Gasteiger partial charge in [-0.05, 0) is 11.1 Å². The highest BCUT2D eigenvalue weighted by Gasteiger charge is 2.19. The summed E-state index contributed by atoms with van der Waals surface area (Å²) in [6.45, 7) is 4.07. The van der Waals surface area contributed by atoms with Crippen LogP contribution >= 0.6 is 0 Å². The summed E-state index contributed by atoms with van der Waals surface area (Å²) in [6, 6.07) is 7.83. The van der Waals surface area contributed by atoms with Gasteiger partial charge in [-0.1, -0.05) is 38.1 Å². The standard InChI is InChI=1S/C14H18N4O/c1-14(2,8-19)10-5-3-9(4-6-10)11-7-17-13(16)18-12(11)15/h3-7,19H,8H2,1-2H3,(H4,15,16,17,18). The minimum absolute atomic E-state index is 0.0967. The topological polar surface area (TPSA) is 98.0 Å². The normalized spacial score (nSPS) is 11.5.